The van der Waals surface area contributed by atoms with Gasteiger partial charge in [0.15, 0.2) is 0 Å². The molecule has 0 radical (unpaired) electrons. The van der Waals surface area contributed by atoms with Gasteiger partial charge in [0.05, 0.1) is 30.6 Å². The zero-order valence-corrected chi connectivity index (χ0v) is 8.20. The van der Waals surface area contributed by atoms with Crippen LogP contribution in [0.25, 0.3) is 0 Å². The number of nitrogens with zero attached hydrogens (tertiary/aromatic N) is 2. The van der Waals surface area contributed by atoms with E-state index in [4.69, 9.17) is 10.5 Å². The molecule has 1 aromatic heterocycles. The van der Waals surface area contributed by atoms with E-state index >= 15 is 0 Å². The summed E-state index contributed by atoms with van der Waals surface area (Å²) in [4.78, 5) is 0. The second kappa shape index (κ2) is 3.07. The molecule has 3 rings (SSSR count). The number of rotatable bonds is 2. The molecule has 1 aliphatic carbocycles. The summed E-state index contributed by atoms with van der Waals surface area (Å²) in [6, 6.07) is 0.616. The van der Waals surface area contributed by atoms with E-state index < -0.39 is 0 Å². The Bertz CT molecular complexity index is 354. The first-order valence-electron chi connectivity index (χ1n) is 5.27. The SMILES string of the molecule is NCc1nn(C2CCC2)c2c1COC2. The monoisotopic (exact) mass is 193 g/mol. The molecule has 1 aromatic rings. The van der Waals surface area contributed by atoms with Gasteiger partial charge in [-0.3, -0.25) is 4.68 Å². The standard InChI is InChI=1S/C10H15N3O/c11-4-9-8-5-14-6-10(8)13(12-9)7-2-1-3-7/h7H,1-6,11H2. The first-order valence-corrected chi connectivity index (χ1v) is 5.27. The molecule has 14 heavy (non-hydrogen) atoms. The third kappa shape index (κ3) is 1.04. The maximum Gasteiger partial charge on any atom is 0.0893 e. The van der Waals surface area contributed by atoms with Gasteiger partial charge in [0, 0.05) is 12.1 Å². The van der Waals surface area contributed by atoms with Crippen LogP contribution < -0.4 is 5.73 Å². The second-order valence-corrected chi connectivity index (χ2v) is 4.10. The Morgan fingerprint density at radius 2 is 2.29 bits per heavy atom. The largest absolute Gasteiger partial charge is 0.370 e. The van der Waals surface area contributed by atoms with E-state index in [-0.39, 0.29) is 0 Å². The number of aromatic nitrogens is 2. The third-order valence-corrected chi connectivity index (χ3v) is 3.30. The van der Waals surface area contributed by atoms with E-state index in [1.54, 1.807) is 0 Å². The fraction of sp³-hybridized carbons (Fsp3) is 0.700. The minimum absolute atomic E-state index is 0.533. The highest BCUT2D eigenvalue weighted by Crippen LogP contribution is 2.35. The van der Waals surface area contributed by atoms with Crippen LogP contribution in [0.3, 0.4) is 0 Å². The summed E-state index contributed by atoms with van der Waals surface area (Å²) in [5.41, 5.74) is 9.22. The smallest absolute Gasteiger partial charge is 0.0893 e. The number of hydrogen-bond acceptors (Lipinski definition) is 3. The summed E-state index contributed by atoms with van der Waals surface area (Å²) in [5.74, 6) is 0. The van der Waals surface area contributed by atoms with Gasteiger partial charge in [0.25, 0.3) is 0 Å². The Morgan fingerprint density at radius 3 is 2.93 bits per heavy atom. The van der Waals surface area contributed by atoms with Crippen molar-refractivity contribution in [2.45, 2.75) is 45.1 Å². The van der Waals surface area contributed by atoms with Crippen molar-refractivity contribution in [2.24, 2.45) is 5.73 Å². The van der Waals surface area contributed by atoms with Gasteiger partial charge in [-0.05, 0) is 19.3 Å². The van der Waals surface area contributed by atoms with Crippen LogP contribution in [0.5, 0.6) is 0 Å². The van der Waals surface area contributed by atoms with Gasteiger partial charge < -0.3 is 10.5 Å². The van der Waals surface area contributed by atoms with E-state index in [9.17, 15) is 0 Å². The highest BCUT2D eigenvalue weighted by molar-refractivity contribution is 5.28. The number of fused-ring (bicyclic) bond motifs is 1. The molecular formula is C10H15N3O. The van der Waals surface area contributed by atoms with Gasteiger partial charge >= 0.3 is 0 Å². The highest BCUT2D eigenvalue weighted by Gasteiger charge is 2.28. The van der Waals surface area contributed by atoms with Gasteiger partial charge in [-0.15, -0.1) is 0 Å². The van der Waals surface area contributed by atoms with Crippen LogP contribution in [-0.4, -0.2) is 9.78 Å². The van der Waals surface area contributed by atoms with Crippen LogP contribution in [0, 0.1) is 0 Å². The number of hydrogen-bond donors (Lipinski definition) is 1. The molecule has 2 heterocycles. The summed E-state index contributed by atoms with van der Waals surface area (Å²) in [6.45, 7) is 1.96. The number of ether oxygens (including phenoxy) is 1. The van der Waals surface area contributed by atoms with Gasteiger partial charge in [0.2, 0.25) is 0 Å². The average molecular weight is 193 g/mol. The topological polar surface area (TPSA) is 53.1 Å². The van der Waals surface area contributed by atoms with Gasteiger partial charge in [0.1, 0.15) is 0 Å². The molecular weight excluding hydrogens is 178 g/mol. The quantitative estimate of drug-likeness (QED) is 0.765. The van der Waals surface area contributed by atoms with Crippen molar-refractivity contribution >= 4 is 0 Å². The molecule has 0 spiro atoms. The van der Waals surface area contributed by atoms with Crippen LogP contribution in [0.1, 0.15) is 42.3 Å². The Kier molecular flexibility index (Phi) is 1.85. The van der Waals surface area contributed by atoms with E-state index in [2.05, 4.69) is 9.78 Å². The van der Waals surface area contributed by atoms with Crippen LogP contribution in [0.4, 0.5) is 0 Å². The van der Waals surface area contributed by atoms with Crippen LogP contribution in [-0.2, 0) is 24.5 Å². The van der Waals surface area contributed by atoms with Crippen molar-refractivity contribution < 1.29 is 4.74 Å². The first kappa shape index (κ1) is 8.44. The van der Waals surface area contributed by atoms with E-state index in [0.29, 0.717) is 19.2 Å². The third-order valence-electron chi connectivity index (χ3n) is 3.30. The molecule has 4 heteroatoms. The fourth-order valence-corrected chi connectivity index (χ4v) is 2.22. The van der Waals surface area contributed by atoms with Crippen LogP contribution >= 0.6 is 0 Å². The summed E-state index contributed by atoms with van der Waals surface area (Å²) < 4.78 is 7.60. The highest BCUT2D eigenvalue weighted by atomic mass is 16.5. The number of nitrogens with two attached hydrogens (primary N) is 1. The molecule has 2 N–H and O–H groups in total. The van der Waals surface area contributed by atoms with Crippen molar-refractivity contribution in [2.75, 3.05) is 0 Å². The summed E-state index contributed by atoms with van der Waals surface area (Å²) >= 11 is 0. The lowest BCUT2D eigenvalue weighted by Crippen LogP contribution is -2.20. The molecule has 1 aliphatic heterocycles. The van der Waals surface area contributed by atoms with Crippen LogP contribution in [0.15, 0.2) is 0 Å². The minimum Gasteiger partial charge on any atom is -0.370 e. The van der Waals surface area contributed by atoms with E-state index in [1.165, 1.54) is 30.5 Å². The lowest BCUT2D eigenvalue weighted by molar-refractivity contribution is 0.125. The zero-order valence-electron chi connectivity index (χ0n) is 8.20. The van der Waals surface area contributed by atoms with E-state index in [0.717, 1.165) is 12.3 Å². The summed E-state index contributed by atoms with van der Waals surface area (Å²) in [7, 11) is 0. The summed E-state index contributed by atoms with van der Waals surface area (Å²) in [5, 5.41) is 4.58. The summed E-state index contributed by atoms with van der Waals surface area (Å²) in [6.07, 6.45) is 3.86. The van der Waals surface area contributed by atoms with Crippen LogP contribution in [0.2, 0.25) is 0 Å². The molecule has 0 atom stereocenters. The molecule has 2 aliphatic rings. The maximum absolute atomic E-state index is 5.66. The maximum atomic E-state index is 5.66. The van der Waals surface area contributed by atoms with E-state index in [1.807, 2.05) is 0 Å². The predicted octanol–water partition coefficient (Wildman–Crippen LogP) is 1.10. The molecule has 76 valence electrons. The second-order valence-electron chi connectivity index (χ2n) is 4.10. The molecule has 0 aromatic carbocycles. The van der Waals surface area contributed by atoms with Crippen molar-refractivity contribution in [3.63, 3.8) is 0 Å². The van der Waals surface area contributed by atoms with Crippen molar-refractivity contribution in [1.29, 1.82) is 0 Å². The van der Waals surface area contributed by atoms with Gasteiger partial charge in [-0.1, -0.05) is 0 Å². The Hall–Kier alpha value is -0.870. The average Bonchev–Trinajstić information content (AvgIpc) is 2.64. The fourth-order valence-electron chi connectivity index (χ4n) is 2.22. The lowest BCUT2D eigenvalue weighted by Gasteiger charge is -2.27. The molecule has 0 amide bonds. The molecule has 1 fully saturated rings. The molecule has 1 saturated carbocycles. The molecule has 0 unspecified atom stereocenters. The molecule has 4 nitrogen and oxygen atoms in total. The molecule has 0 saturated heterocycles. The Balaban J connectivity index is 2.02. The zero-order chi connectivity index (χ0) is 9.54. The molecule has 0 bridgehead atoms. The van der Waals surface area contributed by atoms with Gasteiger partial charge in [-0.2, -0.15) is 5.10 Å². The normalized spacial score (nSPS) is 20.9. The Morgan fingerprint density at radius 1 is 1.43 bits per heavy atom. The van der Waals surface area contributed by atoms with Gasteiger partial charge in [-0.25, -0.2) is 0 Å². The Labute approximate surface area is 83.0 Å². The lowest BCUT2D eigenvalue weighted by atomic mass is 9.93. The van der Waals surface area contributed by atoms with Crippen molar-refractivity contribution in [1.82, 2.24) is 9.78 Å². The van der Waals surface area contributed by atoms with Crippen molar-refractivity contribution in [3.05, 3.63) is 17.0 Å². The van der Waals surface area contributed by atoms with Crippen molar-refractivity contribution in [3.8, 4) is 0 Å². The minimum atomic E-state index is 0.533. The predicted molar refractivity (Wildman–Crippen MR) is 51.5 cm³/mol. The first-order chi connectivity index (χ1) is 6.90.